The van der Waals surface area contributed by atoms with E-state index in [4.69, 9.17) is 5.73 Å². The van der Waals surface area contributed by atoms with E-state index in [1.54, 1.807) is 11.8 Å². The number of benzene rings is 2. The number of carbonyl (C=O) groups is 1. The maximum atomic E-state index is 15.4. The van der Waals surface area contributed by atoms with E-state index in [1.807, 2.05) is 18.2 Å². The highest BCUT2D eigenvalue weighted by atomic mass is 19.1. The summed E-state index contributed by atoms with van der Waals surface area (Å²) in [5.74, 6) is -0.704. The van der Waals surface area contributed by atoms with Gasteiger partial charge in [0.2, 0.25) is 5.91 Å². The number of aliphatic hydroxyl groups is 1. The fourth-order valence-corrected chi connectivity index (χ4v) is 4.29. The van der Waals surface area contributed by atoms with E-state index < -0.39 is 12.0 Å². The van der Waals surface area contributed by atoms with Crippen molar-refractivity contribution in [2.45, 2.75) is 26.1 Å². The Kier molecular flexibility index (Phi) is 4.90. The molecule has 1 aliphatic rings. The molecule has 7 heteroatoms. The van der Waals surface area contributed by atoms with Gasteiger partial charge < -0.3 is 20.7 Å². The van der Waals surface area contributed by atoms with Gasteiger partial charge in [0.25, 0.3) is 0 Å². The summed E-state index contributed by atoms with van der Waals surface area (Å²) in [7, 11) is 0. The van der Waals surface area contributed by atoms with Gasteiger partial charge in [-0.2, -0.15) is 5.26 Å². The van der Waals surface area contributed by atoms with Gasteiger partial charge in [0.05, 0.1) is 11.1 Å². The summed E-state index contributed by atoms with van der Waals surface area (Å²) in [5, 5.41) is 20.1. The van der Waals surface area contributed by atoms with E-state index in [9.17, 15) is 15.2 Å². The van der Waals surface area contributed by atoms with Crippen molar-refractivity contribution >= 4 is 16.8 Å². The highest BCUT2D eigenvalue weighted by Crippen LogP contribution is 2.41. The van der Waals surface area contributed by atoms with Crippen molar-refractivity contribution in [1.82, 2.24) is 9.88 Å². The summed E-state index contributed by atoms with van der Waals surface area (Å²) in [6.45, 7) is 6.18. The van der Waals surface area contributed by atoms with E-state index in [-0.39, 0.29) is 11.5 Å². The third kappa shape index (κ3) is 2.98. The van der Waals surface area contributed by atoms with Gasteiger partial charge in [-0.25, -0.2) is 4.39 Å². The van der Waals surface area contributed by atoms with Crippen molar-refractivity contribution in [2.24, 2.45) is 5.73 Å². The standard InChI is InChI=1S/C23H21FN4O2/c1-3-19(29)28-8-7-14-13(11-28)5-4-6-15(14)20-18(24)9-16(23(26)30)22-21(20)17(10-25)12(2)27-22/h3-6,9,23,27,30H,1,7-8,11,26H2,2H3. The highest BCUT2D eigenvalue weighted by Gasteiger charge is 2.27. The molecule has 0 saturated carbocycles. The quantitative estimate of drug-likeness (QED) is 0.460. The van der Waals surface area contributed by atoms with Crippen LogP contribution in [0.1, 0.15) is 34.2 Å². The molecule has 0 saturated heterocycles. The zero-order chi connectivity index (χ0) is 21.6. The molecule has 152 valence electrons. The third-order valence-electron chi connectivity index (χ3n) is 5.70. The summed E-state index contributed by atoms with van der Waals surface area (Å²) >= 11 is 0. The Morgan fingerprint density at radius 2 is 2.27 bits per heavy atom. The van der Waals surface area contributed by atoms with E-state index in [0.29, 0.717) is 52.8 Å². The van der Waals surface area contributed by atoms with Crippen molar-refractivity contribution < 1.29 is 14.3 Å². The van der Waals surface area contributed by atoms with Gasteiger partial charge in [0.15, 0.2) is 0 Å². The summed E-state index contributed by atoms with van der Waals surface area (Å²) in [6, 6.07) is 8.92. The van der Waals surface area contributed by atoms with Crippen LogP contribution in [0.3, 0.4) is 0 Å². The maximum absolute atomic E-state index is 15.4. The van der Waals surface area contributed by atoms with Crippen LogP contribution < -0.4 is 5.73 Å². The molecular weight excluding hydrogens is 383 g/mol. The van der Waals surface area contributed by atoms with Gasteiger partial charge in [-0.05, 0) is 42.2 Å². The number of nitrogens with zero attached hydrogens (tertiary/aromatic N) is 2. The molecule has 3 aromatic rings. The smallest absolute Gasteiger partial charge is 0.246 e. The minimum Gasteiger partial charge on any atom is -0.374 e. The number of aryl methyl sites for hydroxylation is 1. The molecule has 2 heterocycles. The number of halogens is 1. The normalized spacial score (nSPS) is 14.3. The number of hydrogen-bond donors (Lipinski definition) is 3. The molecule has 2 aromatic carbocycles. The molecule has 1 aliphatic heterocycles. The Morgan fingerprint density at radius 1 is 1.50 bits per heavy atom. The van der Waals surface area contributed by atoms with Gasteiger partial charge in [0.1, 0.15) is 18.1 Å². The number of H-pyrrole nitrogens is 1. The Morgan fingerprint density at radius 3 is 2.93 bits per heavy atom. The van der Waals surface area contributed by atoms with Crippen LogP contribution in [-0.2, 0) is 17.8 Å². The lowest BCUT2D eigenvalue weighted by atomic mass is 9.87. The van der Waals surface area contributed by atoms with Crippen molar-refractivity contribution in [2.75, 3.05) is 6.54 Å². The number of aromatic amines is 1. The molecule has 6 nitrogen and oxygen atoms in total. The molecule has 0 bridgehead atoms. The fourth-order valence-electron chi connectivity index (χ4n) is 4.29. The molecule has 0 spiro atoms. The summed E-state index contributed by atoms with van der Waals surface area (Å²) in [6.07, 6.45) is 0.457. The van der Waals surface area contributed by atoms with Crippen LogP contribution in [-0.4, -0.2) is 27.4 Å². The molecule has 1 amide bonds. The predicted molar refractivity (Wildman–Crippen MR) is 112 cm³/mol. The second-order valence-electron chi connectivity index (χ2n) is 7.41. The van der Waals surface area contributed by atoms with Gasteiger partial charge in [0, 0.05) is 35.3 Å². The number of hydrogen-bond acceptors (Lipinski definition) is 4. The summed E-state index contributed by atoms with van der Waals surface area (Å²) in [5.41, 5.74) is 10.0. The van der Waals surface area contributed by atoms with Crippen LogP contribution >= 0.6 is 0 Å². The van der Waals surface area contributed by atoms with E-state index >= 15 is 4.39 Å². The molecule has 30 heavy (non-hydrogen) atoms. The number of aromatic nitrogens is 1. The van der Waals surface area contributed by atoms with E-state index in [1.165, 1.54) is 12.1 Å². The maximum Gasteiger partial charge on any atom is 0.246 e. The molecule has 1 unspecified atom stereocenters. The highest BCUT2D eigenvalue weighted by molar-refractivity contribution is 6.03. The molecule has 1 aromatic heterocycles. The Balaban J connectivity index is 1.99. The molecule has 0 fully saturated rings. The van der Waals surface area contributed by atoms with Gasteiger partial charge in [-0.3, -0.25) is 4.79 Å². The monoisotopic (exact) mass is 404 g/mol. The molecule has 4 rings (SSSR count). The first-order chi connectivity index (χ1) is 14.4. The minimum atomic E-state index is -1.39. The van der Waals surface area contributed by atoms with Gasteiger partial charge in [-0.15, -0.1) is 0 Å². The molecule has 4 N–H and O–H groups in total. The third-order valence-corrected chi connectivity index (χ3v) is 5.70. The Labute approximate surface area is 173 Å². The largest absolute Gasteiger partial charge is 0.374 e. The first kappa shape index (κ1) is 19.8. The number of fused-ring (bicyclic) bond motifs is 2. The lowest BCUT2D eigenvalue weighted by Gasteiger charge is -2.29. The topological polar surface area (TPSA) is 106 Å². The van der Waals surface area contributed by atoms with Crippen LogP contribution in [0.5, 0.6) is 0 Å². The van der Waals surface area contributed by atoms with Crippen LogP contribution in [0.2, 0.25) is 0 Å². The summed E-state index contributed by atoms with van der Waals surface area (Å²) < 4.78 is 15.4. The number of rotatable bonds is 3. The molecule has 0 radical (unpaired) electrons. The number of aliphatic hydroxyl groups excluding tert-OH is 1. The zero-order valence-electron chi connectivity index (χ0n) is 16.5. The molecular formula is C23H21FN4O2. The lowest BCUT2D eigenvalue weighted by Crippen LogP contribution is -2.34. The number of carbonyl (C=O) groups excluding carboxylic acids is 1. The van der Waals surface area contributed by atoms with Gasteiger partial charge in [-0.1, -0.05) is 24.8 Å². The SMILES string of the molecule is C=CC(=O)N1CCc2c(cccc2-c2c(F)cc(C(N)O)c3[nH]c(C)c(C#N)c23)C1. The number of nitriles is 1. The lowest BCUT2D eigenvalue weighted by molar-refractivity contribution is -0.126. The van der Waals surface area contributed by atoms with Crippen molar-refractivity contribution in [3.05, 3.63) is 70.7 Å². The fraction of sp³-hybridized carbons (Fsp3) is 0.217. The van der Waals surface area contributed by atoms with E-state index in [2.05, 4.69) is 17.6 Å². The second-order valence-corrected chi connectivity index (χ2v) is 7.41. The van der Waals surface area contributed by atoms with Crippen molar-refractivity contribution in [3.8, 4) is 17.2 Å². The van der Waals surface area contributed by atoms with Crippen LogP contribution in [0, 0.1) is 24.1 Å². The first-order valence-corrected chi connectivity index (χ1v) is 9.58. The molecule has 1 atom stereocenters. The van der Waals surface area contributed by atoms with Crippen molar-refractivity contribution in [1.29, 1.82) is 5.26 Å². The average molecular weight is 404 g/mol. The number of amides is 1. The average Bonchev–Trinajstić information content (AvgIpc) is 3.07. The van der Waals surface area contributed by atoms with E-state index in [0.717, 1.165) is 11.1 Å². The Hall–Kier alpha value is -3.47. The van der Waals surface area contributed by atoms with Crippen LogP contribution in [0.25, 0.3) is 22.0 Å². The first-order valence-electron chi connectivity index (χ1n) is 9.58. The second kappa shape index (κ2) is 7.41. The van der Waals surface area contributed by atoms with Crippen LogP contribution in [0.4, 0.5) is 4.39 Å². The Bertz CT molecular complexity index is 1240. The number of nitrogens with one attached hydrogen (secondary N) is 1. The van der Waals surface area contributed by atoms with Crippen LogP contribution in [0.15, 0.2) is 36.9 Å². The van der Waals surface area contributed by atoms with Crippen molar-refractivity contribution in [3.63, 3.8) is 0 Å². The summed E-state index contributed by atoms with van der Waals surface area (Å²) in [4.78, 5) is 16.8. The molecule has 0 aliphatic carbocycles. The number of nitrogens with two attached hydrogens (primary N) is 1. The van der Waals surface area contributed by atoms with Gasteiger partial charge >= 0.3 is 0 Å². The predicted octanol–water partition coefficient (Wildman–Crippen LogP) is 3.17. The zero-order valence-corrected chi connectivity index (χ0v) is 16.5. The minimum absolute atomic E-state index is 0.145.